The number of nitrogens with zero attached hydrogens (tertiary/aromatic N) is 1. The van der Waals surface area contributed by atoms with Gasteiger partial charge in [-0.1, -0.05) is 11.6 Å². The Hall–Kier alpha value is -0.700. The lowest BCUT2D eigenvalue weighted by Crippen LogP contribution is -2.42. The van der Waals surface area contributed by atoms with Crippen LogP contribution < -0.4 is 10.5 Å². The third-order valence-corrected chi connectivity index (χ3v) is 4.70. The van der Waals surface area contributed by atoms with E-state index in [1.165, 1.54) is 12.3 Å². The predicted octanol–water partition coefficient (Wildman–Crippen LogP) is 1.29. The average molecular weight is 371 g/mol. The number of pyridine rings is 1. The molecule has 1 rings (SSSR count). The Morgan fingerprint density at radius 1 is 1.58 bits per heavy atom. The van der Waals surface area contributed by atoms with Crippen molar-refractivity contribution in [1.82, 2.24) is 9.71 Å². The summed E-state index contributed by atoms with van der Waals surface area (Å²) in [6.45, 7) is 2.95. The first-order valence-electron chi connectivity index (χ1n) is 5.17. The molecule has 0 aliphatic rings. The molecule has 106 valence electrons. The minimum absolute atomic E-state index is 0.131. The summed E-state index contributed by atoms with van der Waals surface area (Å²) in [5.74, 6) is -0.603. The van der Waals surface area contributed by atoms with Gasteiger partial charge in [-0.3, -0.25) is 4.79 Å². The molecule has 0 bridgehead atoms. The zero-order chi connectivity index (χ0) is 14.8. The van der Waals surface area contributed by atoms with Crippen molar-refractivity contribution in [2.45, 2.75) is 18.7 Å². The van der Waals surface area contributed by atoms with E-state index in [1.807, 2.05) is 0 Å². The average Bonchev–Trinajstić information content (AvgIpc) is 2.30. The number of halogens is 2. The molecular formula is C10H13BrClN3O3S. The van der Waals surface area contributed by atoms with Gasteiger partial charge in [0.25, 0.3) is 0 Å². The molecule has 0 spiro atoms. The maximum Gasteiger partial charge on any atom is 0.243 e. The summed E-state index contributed by atoms with van der Waals surface area (Å²) in [5, 5.41) is -0.146. The highest BCUT2D eigenvalue weighted by atomic mass is 79.9. The van der Waals surface area contributed by atoms with E-state index in [4.69, 9.17) is 17.3 Å². The van der Waals surface area contributed by atoms with Gasteiger partial charge >= 0.3 is 0 Å². The van der Waals surface area contributed by atoms with E-state index < -0.39 is 21.3 Å². The van der Waals surface area contributed by atoms with Gasteiger partial charge in [0.2, 0.25) is 15.9 Å². The summed E-state index contributed by atoms with van der Waals surface area (Å²) in [5.41, 5.74) is 4.17. The van der Waals surface area contributed by atoms with Gasteiger partial charge < -0.3 is 5.73 Å². The number of nitrogens with one attached hydrogen (secondary N) is 1. The van der Waals surface area contributed by atoms with Crippen molar-refractivity contribution in [1.29, 1.82) is 0 Å². The molecule has 0 saturated heterocycles. The van der Waals surface area contributed by atoms with Gasteiger partial charge in [-0.2, -0.15) is 0 Å². The Labute approximate surface area is 124 Å². The maximum atomic E-state index is 12.1. The molecule has 1 amide bonds. The van der Waals surface area contributed by atoms with Crippen molar-refractivity contribution in [2.24, 2.45) is 11.1 Å². The number of sulfonamides is 1. The second-order valence-electron chi connectivity index (χ2n) is 4.52. The summed E-state index contributed by atoms with van der Waals surface area (Å²) >= 11 is 8.87. The molecule has 6 nitrogen and oxygen atoms in total. The Kier molecular flexibility index (Phi) is 4.94. The van der Waals surface area contributed by atoms with E-state index >= 15 is 0 Å². The van der Waals surface area contributed by atoms with E-state index in [0.29, 0.717) is 4.47 Å². The van der Waals surface area contributed by atoms with Crippen LogP contribution in [-0.4, -0.2) is 25.9 Å². The zero-order valence-electron chi connectivity index (χ0n) is 10.3. The van der Waals surface area contributed by atoms with Gasteiger partial charge in [-0.05, 0) is 35.8 Å². The van der Waals surface area contributed by atoms with E-state index in [-0.39, 0.29) is 16.6 Å². The van der Waals surface area contributed by atoms with E-state index in [2.05, 4.69) is 25.6 Å². The number of primary amides is 1. The number of hydrogen-bond acceptors (Lipinski definition) is 4. The second-order valence-corrected chi connectivity index (χ2v) is 7.52. The van der Waals surface area contributed by atoms with E-state index in [0.717, 1.165) is 0 Å². The lowest BCUT2D eigenvalue weighted by Gasteiger charge is -2.20. The van der Waals surface area contributed by atoms with E-state index in [1.54, 1.807) is 13.8 Å². The quantitative estimate of drug-likeness (QED) is 0.762. The molecule has 0 aromatic carbocycles. The van der Waals surface area contributed by atoms with Crippen LogP contribution in [0.5, 0.6) is 0 Å². The zero-order valence-corrected chi connectivity index (χ0v) is 13.4. The van der Waals surface area contributed by atoms with E-state index in [9.17, 15) is 13.2 Å². The number of amides is 1. The molecule has 0 unspecified atom stereocenters. The molecule has 0 saturated carbocycles. The molecule has 19 heavy (non-hydrogen) atoms. The Bertz CT molecular complexity index is 604. The molecule has 9 heteroatoms. The summed E-state index contributed by atoms with van der Waals surface area (Å²) in [7, 11) is -3.86. The van der Waals surface area contributed by atoms with Gasteiger partial charge in [0, 0.05) is 17.2 Å². The molecule has 0 atom stereocenters. The monoisotopic (exact) mass is 369 g/mol. The third kappa shape index (κ3) is 4.13. The minimum Gasteiger partial charge on any atom is -0.369 e. The van der Waals surface area contributed by atoms with Gasteiger partial charge in [0.05, 0.1) is 5.41 Å². The molecule has 0 aliphatic heterocycles. The van der Waals surface area contributed by atoms with Crippen LogP contribution in [0, 0.1) is 5.41 Å². The number of aromatic nitrogens is 1. The predicted molar refractivity (Wildman–Crippen MR) is 75.1 cm³/mol. The van der Waals surface area contributed by atoms with Crippen molar-refractivity contribution in [3.63, 3.8) is 0 Å². The Morgan fingerprint density at radius 2 is 2.16 bits per heavy atom. The van der Waals surface area contributed by atoms with Crippen LogP contribution in [0.4, 0.5) is 0 Å². The number of carbonyl (C=O) groups is 1. The molecule has 1 aromatic rings. The van der Waals surface area contributed by atoms with Gasteiger partial charge in [-0.15, -0.1) is 0 Å². The highest BCUT2D eigenvalue weighted by molar-refractivity contribution is 9.10. The third-order valence-electron chi connectivity index (χ3n) is 2.43. The Balaban J connectivity index is 3.00. The first-order chi connectivity index (χ1) is 8.56. The highest BCUT2D eigenvalue weighted by Crippen LogP contribution is 2.23. The first-order valence-corrected chi connectivity index (χ1v) is 7.82. The molecule has 0 aliphatic carbocycles. The van der Waals surface area contributed by atoms with Crippen molar-refractivity contribution in [3.8, 4) is 0 Å². The SMILES string of the molecule is CC(C)(CNS(=O)(=O)c1cc(Br)cnc1Cl)C(N)=O. The smallest absolute Gasteiger partial charge is 0.243 e. The van der Waals surface area contributed by atoms with Crippen molar-refractivity contribution >= 4 is 43.5 Å². The molecule has 0 fully saturated rings. The summed E-state index contributed by atoms with van der Waals surface area (Å²) in [6.07, 6.45) is 1.38. The molecule has 1 heterocycles. The van der Waals surface area contributed by atoms with Crippen LogP contribution in [-0.2, 0) is 14.8 Å². The van der Waals surface area contributed by atoms with Gasteiger partial charge in [0.1, 0.15) is 10.0 Å². The first kappa shape index (κ1) is 16.4. The van der Waals surface area contributed by atoms with Crippen LogP contribution in [0.25, 0.3) is 0 Å². The molecule has 0 radical (unpaired) electrons. The fraction of sp³-hybridized carbons (Fsp3) is 0.400. The number of nitrogens with two attached hydrogens (primary N) is 1. The topological polar surface area (TPSA) is 102 Å². The number of rotatable bonds is 5. The standard InChI is InChI=1S/C10H13BrClN3O3S/c1-10(2,9(13)16)5-15-19(17,18)7-3-6(11)4-14-8(7)12/h3-4,15H,5H2,1-2H3,(H2,13,16). The highest BCUT2D eigenvalue weighted by Gasteiger charge is 2.28. The number of carbonyl (C=O) groups excluding carboxylic acids is 1. The largest absolute Gasteiger partial charge is 0.369 e. The van der Waals surface area contributed by atoms with Crippen LogP contribution in [0.15, 0.2) is 21.6 Å². The minimum atomic E-state index is -3.86. The summed E-state index contributed by atoms with van der Waals surface area (Å²) in [6, 6.07) is 1.33. The van der Waals surface area contributed by atoms with Crippen molar-refractivity contribution in [2.75, 3.05) is 6.54 Å². The fourth-order valence-electron chi connectivity index (χ4n) is 1.03. The lowest BCUT2D eigenvalue weighted by molar-refractivity contribution is -0.125. The molecule has 3 N–H and O–H groups in total. The van der Waals surface area contributed by atoms with Crippen LogP contribution in [0.2, 0.25) is 5.15 Å². The Morgan fingerprint density at radius 3 is 2.68 bits per heavy atom. The molecule has 1 aromatic heterocycles. The maximum absolute atomic E-state index is 12.1. The van der Waals surface area contributed by atoms with Crippen LogP contribution in [0.1, 0.15) is 13.8 Å². The van der Waals surface area contributed by atoms with Crippen molar-refractivity contribution < 1.29 is 13.2 Å². The number of hydrogen-bond donors (Lipinski definition) is 2. The second kappa shape index (κ2) is 5.74. The van der Waals surface area contributed by atoms with Crippen molar-refractivity contribution in [3.05, 3.63) is 21.9 Å². The van der Waals surface area contributed by atoms with Gasteiger partial charge in [0.15, 0.2) is 0 Å². The normalized spacial score (nSPS) is 12.4. The van der Waals surface area contributed by atoms with Gasteiger partial charge in [-0.25, -0.2) is 18.1 Å². The summed E-state index contributed by atoms with van der Waals surface area (Å²) < 4.78 is 26.9. The lowest BCUT2D eigenvalue weighted by atomic mass is 9.93. The molecular weight excluding hydrogens is 358 g/mol. The fourth-order valence-corrected chi connectivity index (χ4v) is 3.19. The van der Waals surface area contributed by atoms with Crippen LogP contribution in [0.3, 0.4) is 0 Å². The summed E-state index contributed by atoms with van der Waals surface area (Å²) in [4.78, 5) is 14.7. The van der Waals surface area contributed by atoms with Crippen LogP contribution >= 0.6 is 27.5 Å².